The molecule has 1 saturated heterocycles. The van der Waals surface area contributed by atoms with Gasteiger partial charge in [-0.1, -0.05) is 40.5 Å². The van der Waals surface area contributed by atoms with Gasteiger partial charge in [0.05, 0.1) is 0 Å². The highest BCUT2D eigenvalue weighted by atomic mass is 15.1. The molecule has 2 N–H and O–H groups in total. The van der Waals surface area contributed by atoms with E-state index in [4.69, 9.17) is 5.73 Å². The van der Waals surface area contributed by atoms with E-state index in [9.17, 15) is 0 Å². The number of nitrogens with zero attached hydrogens (tertiary/aromatic N) is 1. The topological polar surface area (TPSA) is 29.3 Å². The largest absolute Gasteiger partial charge is 0.327 e. The number of likely N-dealkylation sites (tertiary alicyclic amines) is 1. The first-order valence-corrected chi connectivity index (χ1v) is 7.49. The summed E-state index contributed by atoms with van der Waals surface area (Å²) in [6.07, 6.45) is 6.58. The van der Waals surface area contributed by atoms with Crippen LogP contribution in [0.3, 0.4) is 0 Å². The molecule has 0 spiro atoms. The molecule has 2 nitrogen and oxygen atoms in total. The first-order valence-electron chi connectivity index (χ1n) is 7.49. The van der Waals surface area contributed by atoms with Crippen LogP contribution in [0.1, 0.15) is 59.8 Å². The average molecular weight is 240 g/mol. The van der Waals surface area contributed by atoms with E-state index in [0.717, 1.165) is 18.9 Å². The van der Waals surface area contributed by atoms with Crippen molar-refractivity contribution >= 4 is 0 Å². The summed E-state index contributed by atoms with van der Waals surface area (Å²) in [5.74, 6) is 0.722. The number of piperidine rings is 1. The van der Waals surface area contributed by atoms with Gasteiger partial charge in [-0.05, 0) is 43.7 Å². The molecule has 0 aromatic rings. The summed E-state index contributed by atoms with van der Waals surface area (Å²) >= 11 is 0. The SMILES string of the molecule is CCC1(CC)CCN(CC(N)CC(C)C)CC1. The summed E-state index contributed by atoms with van der Waals surface area (Å²) in [5.41, 5.74) is 6.83. The van der Waals surface area contributed by atoms with Crippen molar-refractivity contribution in [1.82, 2.24) is 4.90 Å². The fourth-order valence-corrected chi connectivity index (χ4v) is 3.18. The van der Waals surface area contributed by atoms with Crippen LogP contribution >= 0.6 is 0 Å². The number of rotatable bonds is 6. The first-order chi connectivity index (χ1) is 8.01. The second-order valence-corrected chi connectivity index (χ2v) is 6.40. The van der Waals surface area contributed by atoms with Gasteiger partial charge in [0.25, 0.3) is 0 Å². The zero-order chi connectivity index (χ0) is 12.9. The van der Waals surface area contributed by atoms with Gasteiger partial charge in [-0.3, -0.25) is 0 Å². The van der Waals surface area contributed by atoms with Crippen molar-refractivity contribution in [1.29, 1.82) is 0 Å². The predicted molar refractivity (Wildman–Crippen MR) is 76.1 cm³/mol. The van der Waals surface area contributed by atoms with Crippen molar-refractivity contribution in [2.24, 2.45) is 17.1 Å². The lowest BCUT2D eigenvalue weighted by molar-refractivity contribution is 0.0899. The molecule has 0 saturated carbocycles. The number of nitrogens with two attached hydrogens (primary N) is 1. The van der Waals surface area contributed by atoms with E-state index >= 15 is 0 Å². The lowest BCUT2D eigenvalue weighted by Crippen LogP contribution is -2.45. The standard InChI is InChI=1S/C15H32N2/c1-5-15(6-2)7-9-17(10-8-15)12-14(16)11-13(3)4/h13-14H,5-12,16H2,1-4H3. The summed E-state index contributed by atoms with van der Waals surface area (Å²) in [5, 5.41) is 0. The molecule has 1 unspecified atom stereocenters. The summed E-state index contributed by atoms with van der Waals surface area (Å²) in [7, 11) is 0. The minimum atomic E-state index is 0.366. The average Bonchev–Trinajstić information content (AvgIpc) is 2.29. The lowest BCUT2D eigenvalue weighted by Gasteiger charge is -2.41. The van der Waals surface area contributed by atoms with Crippen molar-refractivity contribution in [3.63, 3.8) is 0 Å². The molecule has 1 rings (SSSR count). The van der Waals surface area contributed by atoms with Crippen molar-refractivity contribution in [3.05, 3.63) is 0 Å². The second-order valence-electron chi connectivity index (χ2n) is 6.40. The molecule has 1 heterocycles. The highest BCUT2D eigenvalue weighted by Gasteiger charge is 2.31. The lowest BCUT2D eigenvalue weighted by atomic mass is 9.74. The molecule has 1 aliphatic heterocycles. The summed E-state index contributed by atoms with van der Waals surface area (Å²) in [6.45, 7) is 12.8. The van der Waals surface area contributed by atoms with Crippen LogP contribution in [0.25, 0.3) is 0 Å². The molecule has 0 radical (unpaired) electrons. The molecule has 2 heteroatoms. The summed E-state index contributed by atoms with van der Waals surface area (Å²) in [6, 6.07) is 0.366. The van der Waals surface area contributed by atoms with Gasteiger partial charge in [0.1, 0.15) is 0 Å². The van der Waals surface area contributed by atoms with E-state index in [0.29, 0.717) is 11.5 Å². The van der Waals surface area contributed by atoms with Gasteiger partial charge >= 0.3 is 0 Å². The Morgan fingerprint density at radius 1 is 1.12 bits per heavy atom. The molecule has 1 atom stereocenters. The van der Waals surface area contributed by atoms with Crippen LogP contribution in [-0.4, -0.2) is 30.6 Å². The maximum atomic E-state index is 6.20. The molecule has 1 fully saturated rings. The third kappa shape index (κ3) is 4.59. The molecule has 0 aromatic carbocycles. The molecular formula is C15H32N2. The molecular weight excluding hydrogens is 208 g/mol. The van der Waals surface area contributed by atoms with Crippen LogP contribution in [0.15, 0.2) is 0 Å². The molecule has 0 aromatic heterocycles. The Morgan fingerprint density at radius 2 is 1.65 bits per heavy atom. The molecule has 0 aliphatic carbocycles. The monoisotopic (exact) mass is 240 g/mol. The van der Waals surface area contributed by atoms with Crippen LogP contribution in [-0.2, 0) is 0 Å². The second kappa shape index (κ2) is 6.75. The van der Waals surface area contributed by atoms with Gasteiger partial charge in [0.15, 0.2) is 0 Å². The fourth-order valence-electron chi connectivity index (χ4n) is 3.18. The van der Waals surface area contributed by atoms with E-state index in [1.54, 1.807) is 0 Å². The number of hydrogen-bond acceptors (Lipinski definition) is 2. The van der Waals surface area contributed by atoms with Crippen molar-refractivity contribution in [2.45, 2.75) is 65.8 Å². The highest BCUT2D eigenvalue weighted by molar-refractivity contribution is 4.85. The van der Waals surface area contributed by atoms with Gasteiger partial charge in [-0.25, -0.2) is 0 Å². The Balaban J connectivity index is 2.32. The van der Waals surface area contributed by atoms with Crippen LogP contribution in [0, 0.1) is 11.3 Å². The van der Waals surface area contributed by atoms with E-state index < -0.39 is 0 Å². The third-order valence-electron chi connectivity index (χ3n) is 4.68. The van der Waals surface area contributed by atoms with Crippen LogP contribution in [0.5, 0.6) is 0 Å². The molecule has 0 bridgehead atoms. The van der Waals surface area contributed by atoms with E-state index in [-0.39, 0.29) is 0 Å². The van der Waals surface area contributed by atoms with Crippen molar-refractivity contribution < 1.29 is 0 Å². The molecule has 17 heavy (non-hydrogen) atoms. The highest BCUT2D eigenvalue weighted by Crippen LogP contribution is 2.37. The van der Waals surface area contributed by atoms with Crippen LogP contribution in [0.2, 0.25) is 0 Å². The Kier molecular flexibility index (Phi) is 5.94. The van der Waals surface area contributed by atoms with Gasteiger partial charge in [-0.2, -0.15) is 0 Å². The number of hydrogen-bond donors (Lipinski definition) is 1. The predicted octanol–water partition coefficient (Wildman–Crippen LogP) is 3.26. The molecule has 0 amide bonds. The van der Waals surface area contributed by atoms with Crippen molar-refractivity contribution in [3.8, 4) is 0 Å². The van der Waals surface area contributed by atoms with Crippen LogP contribution < -0.4 is 5.73 Å². The minimum absolute atomic E-state index is 0.366. The van der Waals surface area contributed by atoms with E-state index in [2.05, 4.69) is 32.6 Å². The quantitative estimate of drug-likeness (QED) is 0.772. The molecule has 102 valence electrons. The normalized spacial score (nSPS) is 22.9. The Bertz CT molecular complexity index is 199. The third-order valence-corrected chi connectivity index (χ3v) is 4.68. The minimum Gasteiger partial charge on any atom is -0.327 e. The maximum absolute atomic E-state index is 6.20. The van der Waals surface area contributed by atoms with Crippen molar-refractivity contribution in [2.75, 3.05) is 19.6 Å². The zero-order valence-electron chi connectivity index (χ0n) is 12.3. The molecule has 1 aliphatic rings. The fraction of sp³-hybridized carbons (Fsp3) is 1.00. The van der Waals surface area contributed by atoms with Gasteiger partial charge in [0.2, 0.25) is 0 Å². The summed E-state index contributed by atoms with van der Waals surface area (Å²) in [4.78, 5) is 2.58. The van der Waals surface area contributed by atoms with Gasteiger partial charge < -0.3 is 10.6 Å². The first kappa shape index (κ1) is 15.0. The van der Waals surface area contributed by atoms with E-state index in [1.165, 1.54) is 38.8 Å². The van der Waals surface area contributed by atoms with Gasteiger partial charge in [-0.15, -0.1) is 0 Å². The Hall–Kier alpha value is -0.0800. The maximum Gasteiger partial charge on any atom is 0.0170 e. The Labute approximate surface area is 108 Å². The smallest absolute Gasteiger partial charge is 0.0170 e. The van der Waals surface area contributed by atoms with Gasteiger partial charge in [0, 0.05) is 12.6 Å². The zero-order valence-corrected chi connectivity index (χ0v) is 12.3. The van der Waals surface area contributed by atoms with E-state index in [1.807, 2.05) is 0 Å². The Morgan fingerprint density at radius 3 is 2.06 bits per heavy atom. The summed E-state index contributed by atoms with van der Waals surface area (Å²) < 4.78 is 0. The van der Waals surface area contributed by atoms with Crippen LogP contribution in [0.4, 0.5) is 0 Å².